The normalized spacial score (nSPS) is 11.3. The highest BCUT2D eigenvalue weighted by Crippen LogP contribution is 2.11. The highest BCUT2D eigenvalue weighted by molar-refractivity contribution is 5.93. The van der Waals surface area contributed by atoms with Crippen molar-refractivity contribution in [1.29, 1.82) is 0 Å². The fourth-order valence-electron chi connectivity index (χ4n) is 1.72. The monoisotopic (exact) mass is 323 g/mol. The number of methoxy groups -OCH3 is 1. The molecule has 1 aromatic carbocycles. The number of benzene rings is 1. The Balaban J connectivity index is 2.47. The zero-order valence-electron chi connectivity index (χ0n) is 13.1. The molecule has 0 aliphatic rings. The summed E-state index contributed by atoms with van der Waals surface area (Å²) >= 11 is 0. The van der Waals surface area contributed by atoms with E-state index in [0.717, 1.165) is 0 Å². The van der Waals surface area contributed by atoms with Crippen LogP contribution in [0.25, 0.3) is 0 Å². The molecule has 2 amide bonds. The Morgan fingerprint density at radius 3 is 2.70 bits per heavy atom. The molecular formula is C15H21N3O5. The molecule has 23 heavy (non-hydrogen) atoms. The van der Waals surface area contributed by atoms with E-state index in [1.54, 1.807) is 25.1 Å². The second-order valence-electron chi connectivity index (χ2n) is 4.60. The van der Waals surface area contributed by atoms with Gasteiger partial charge in [0.2, 0.25) is 0 Å². The zero-order valence-corrected chi connectivity index (χ0v) is 13.1. The summed E-state index contributed by atoms with van der Waals surface area (Å²) in [5, 5.41) is 5.14. The van der Waals surface area contributed by atoms with Crippen molar-refractivity contribution in [2.24, 2.45) is 5.73 Å². The first-order valence-corrected chi connectivity index (χ1v) is 7.13. The average Bonchev–Trinajstić information content (AvgIpc) is 2.54. The van der Waals surface area contributed by atoms with Gasteiger partial charge in [-0.1, -0.05) is 6.07 Å². The smallest absolute Gasteiger partial charge is 0.338 e. The van der Waals surface area contributed by atoms with Gasteiger partial charge >= 0.3 is 18.0 Å². The Bertz CT molecular complexity index is 562. The van der Waals surface area contributed by atoms with Crippen molar-refractivity contribution >= 4 is 23.7 Å². The Labute approximate surface area is 134 Å². The number of carbonyl (C=O) groups is 3. The van der Waals surface area contributed by atoms with Crippen molar-refractivity contribution in [3.05, 3.63) is 29.8 Å². The Morgan fingerprint density at radius 1 is 1.30 bits per heavy atom. The van der Waals surface area contributed by atoms with E-state index in [2.05, 4.69) is 15.4 Å². The molecule has 0 aliphatic heterocycles. The molecule has 1 atom stereocenters. The molecule has 0 spiro atoms. The topological polar surface area (TPSA) is 120 Å². The predicted octanol–water partition coefficient (Wildman–Crippen LogP) is 0.875. The van der Waals surface area contributed by atoms with E-state index < -0.39 is 24.0 Å². The van der Waals surface area contributed by atoms with E-state index in [1.165, 1.54) is 13.2 Å². The van der Waals surface area contributed by atoms with E-state index >= 15 is 0 Å². The number of anilines is 1. The zero-order chi connectivity index (χ0) is 17.2. The molecule has 0 unspecified atom stereocenters. The van der Waals surface area contributed by atoms with Gasteiger partial charge in [0.05, 0.1) is 19.3 Å². The van der Waals surface area contributed by atoms with Crippen LogP contribution in [-0.2, 0) is 14.3 Å². The van der Waals surface area contributed by atoms with Crippen LogP contribution in [0.1, 0.15) is 23.7 Å². The maximum Gasteiger partial charge on any atom is 0.338 e. The van der Waals surface area contributed by atoms with Crippen LogP contribution in [0.15, 0.2) is 24.3 Å². The van der Waals surface area contributed by atoms with Crippen LogP contribution < -0.4 is 16.4 Å². The van der Waals surface area contributed by atoms with E-state index in [1.807, 2.05) is 0 Å². The van der Waals surface area contributed by atoms with Gasteiger partial charge in [0, 0.05) is 12.2 Å². The molecule has 1 rings (SSSR count). The van der Waals surface area contributed by atoms with Gasteiger partial charge < -0.3 is 25.8 Å². The largest absolute Gasteiger partial charge is 0.468 e. The summed E-state index contributed by atoms with van der Waals surface area (Å²) in [5.41, 5.74) is 6.34. The van der Waals surface area contributed by atoms with Gasteiger partial charge in [0.15, 0.2) is 0 Å². The molecule has 0 fully saturated rings. The Kier molecular flexibility index (Phi) is 7.55. The first-order valence-electron chi connectivity index (χ1n) is 7.13. The predicted molar refractivity (Wildman–Crippen MR) is 84.0 cm³/mol. The van der Waals surface area contributed by atoms with Crippen LogP contribution in [0.3, 0.4) is 0 Å². The molecule has 0 aliphatic carbocycles. The summed E-state index contributed by atoms with van der Waals surface area (Å²) in [6, 6.07) is 5.13. The molecule has 126 valence electrons. The van der Waals surface area contributed by atoms with Crippen LogP contribution in [-0.4, -0.2) is 44.3 Å². The molecule has 8 heteroatoms. The number of carbonyl (C=O) groups excluding carboxylic acids is 3. The second-order valence-corrected chi connectivity index (χ2v) is 4.60. The number of nitrogens with one attached hydrogen (secondary N) is 2. The summed E-state index contributed by atoms with van der Waals surface area (Å²) in [4.78, 5) is 34.5. The number of nitrogens with two attached hydrogens (primary N) is 1. The van der Waals surface area contributed by atoms with Gasteiger partial charge in [-0.3, -0.25) is 4.79 Å². The lowest BCUT2D eigenvalue weighted by Crippen LogP contribution is -2.37. The van der Waals surface area contributed by atoms with Crippen LogP contribution >= 0.6 is 0 Å². The van der Waals surface area contributed by atoms with Gasteiger partial charge in [-0.2, -0.15) is 0 Å². The lowest BCUT2D eigenvalue weighted by molar-refractivity contribution is -0.142. The minimum atomic E-state index is -0.785. The minimum Gasteiger partial charge on any atom is -0.468 e. The quantitative estimate of drug-likeness (QED) is 0.641. The maximum atomic E-state index is 11.7. The molecule has 0 bridgehead atoms. The molecule has 0 saturated carbocycles. The Hall–Kier alpha value is -2.61. The molecule has 1 aromatic rings. The van der Waals surface area contributed by atoms with Crippen molar-refractivity contribution < 1.29 is 23.9 Å². The van der Waals surface area contributed by atoms with Gasteiger partial charge in [0.25, 0.3) is 0 Å². The number of hydrogen-bond acceptors (Lipinski definition) is 6. The van der Waals surface area contributed by atoms with Gasteiger partial charge in [-0.25, -0.2) is 9.59 Å². The van der Waals surface area contributed by atoms with E-state index in [9.17, 15) is 14.4 Å². The van der Waals surface area contributed by atoms with Crippen LogP contribution in [0, 0.1) is 0 Å². The second kappa shape index (κ2) is 9.42. The molecule has 0 heterocycles. The fourth-order valence-corrected chi connectivity index (χ4v) is 1.72. The number of hydrogen-bond donors (Lipinski definition) is 3. The maximum absolute atomic E-state index is 11.7. The van der Waals surface area contributed by atoms with Crippen molar-refractivity contribution in [2.75, 3.05) is 25.6 Å². The first-order chi connectivity index (χ1) is 11.0. The third-order valence-electron chi connectivity index (χ3n) is 2.88. The third kappa shape index (κ3) is 6.35. The lowest BCUT2D eigenvalue weighted by Gasteiger charge is -2.11. The fraction of sp³-hybridized carbons (Fsp3) is 0.400. The van der Waals surface area contributed by atoms with E-state index in [4.69, 9.17) is 10.5 Å². The van der Waals surface area contributed by atoms with Crippen LogP contribution in [0.2, 0.25) is 0 Å². The summed E-state index contributed by atoms with van der Waals surface area (Å²) in [6.07, 6.45) is 0.253. The van der Waals surface area contributed by atoms with Crippen molar-refractivity contribution in [1.82, 2.24) is 5.32 Å². The molecule has 4 N–H and O–H groups in total. The van der Waals surface area contributed by atoms with Gasteiger partial charge in [-0.05, 0) is 31.5 Å². The van der Waals surface area contributed by atoms with Crippen LogP contribution in [0.5, 0.6) is 0 Å². The summed E-state index contributed by atoms with van der Waals surface area (Å²) < 4.78 is 9.37. The van der Waals surface area contributed by atoms with E-state index in [-0.39, 0.29) is 19.6 Å². The van der Waals surface area contributed by atoms with Crippen molar-refractivity contribution in [2.45, 2.75) is 19.4 Å². The highest BCUT2D eigenvalue weighted by Gasteiger charge is 2.13. The molecule has 0 radical (unpaired) electrons. The summed E-state index contributed by atoms with van der Waals surface area (Å²) in [6.45, 7) is 2.20. The highest BCUT2D eigenvalue weighted by atomic mass is 16.5. The molecule has 0 aromatic heterocycles. The van der Waals surface area contributed by atoms with E-state index in [0.29, 0.717) is 11.3 Å². The molecule has 0 saturated heterocycles. The van der Waals surface area contributed by atoms with Crippen LogP contribution in [0.4, 0.5) is 10.5 Å². The number of ether oxygens (including phenoxy) is 2. The molecular weight excluding hydrogens is 302 g/mol. The Morgan fingerprint density at radius 2 is 2.04 bits per heavy atom. The average molecular weight is 323 g/mol. The lowest BCUT2D eigenvalue weighted by atomic mass is 10.2. The number of esters is 2. The summed E-state index contributed by atoms with van der Waals surface area (Å²) in [5.74, 6) is -0.991. The standard InChI is InChI=1S/C15H21N3O5/c1-3-23-13(19)10-5-4-6-11(9-10)18-15(21)17-8-7-12(16)14(20)22-2/h4-6,9,12H,3,7-8,16H2,1-2H3,(H2,17,18,21)/t12-/m0/s1. The van der Waals surface area contributed by atoms with Crippen molar-refractivity contribution in [3.63, 3.8) is 0 Å². The number of amides is 2. The van der Waals surface area contributed by atoms with Crippen molar-refractivity contribution in [3.8, 4) is 0 Å². The minimum absolute atomic E-state index is 0.208. The van der Waals surface area contributed by atoms with Gasteiger partial charge in [-0.15, -0.1) is 0 Å². The third-order valence-corrected chi connectivity index (χ3v) is 2.88. The number of urea groups is 1. The molecule has 8 nitrogen and oxygen atoms in total. The number of rotatable bonds is 7. The summed E-state index contributed by atoms with van der Waals surface area (Å²) in [7, 11) is 1.25. The van der Waals surface area contributed by atoms with Gasteiger partial charge in [0.1, 0.15) is 6.04 Å². The SMILES string of the molecule is CCOC(=O)c1cccc(NC(=O)NCC[C@H](N)C(=O)OC)c1. The first kappa shape index (κ1) is 18.4.